The summed E-state index contributed by atoms with van der Waals surface area (Å²) in [6.45, 7) is 0.282. The number of rotatable bonds is 5. The molecule has 0 radical (unpaired) electrons. The standard InChI is InChI=1S/C18H14ClN5O2/c1-25-15-4-2-3-13(9-15)18-21-23-24(22-18)11-17-20-10-16(26-17)12-5-7-14(19)8-6-12/h2-10H,11H2,1H3. The summed E-state index contributed by atoms with van der Waals surface area (Å²) in [7, 11) is 1.62. The van der Waals surface area contributed by atoms with Gasteiger partial charge < -0.3 is 9.15 Å². The molecule has 4 aromatic rings. The molecule has 4 rings (SSSR count). The zero-order valence-electron chi connectivity index (χ0n) is 13.8. The van der Waals surface area contributed by atoms with E-state index in [9.17, 15) is 0 Å². The summed E-state index contributed by atoms with van der Waals surface area (Å²) in [4.78, 5) is 5.71. The number of halogens is 1. The first kappa shape index (κ1) is 16.3. The summed E-state index contributed by atoms with van der Waals surface area (Å²) in [5.74, 6) is 2.39. The van der Waals surface area contributed by atoms with Gasteiger partial charge in [-0.2, -0.15) is 4.80 Å². The molecule has 0 aliphatic carbocycles. The molecule has 2 heterocycles. The van der Waals surface area contributed by atoms with Crippen molar-refractivity contribution in [2.24, 2.45) is 0 Å². The number of aromatic nitrogens is 5. The van der Waals surface area contributed by atoms with Gasteiger partial charge in [0.1, 0.15) is 12.3 Å². The summed E-state index contributed by atoms with van der Waals surface area (Å²) in [5.41, 5.74) is 1.72. The van der Waals surface area contributed by atoms with Gasteiger partial charge in [-0.1, -0.05) is 23.7 Å². The molecule has 0 saturated heterocycles. The van der Waals surface area contributed by atoms with Crippen LogP contribution in [0.5, 0.6) is 5.75 Å². The minimum atomic E-state index is 0.282. The predicted molar refractivity (Wildman–Crippen MR) is 95.9 cm³/mol. The molecule has 2 aromatic carbocycles. The summed E-state index contributed by atoms with van der Waals surface area (Å²) < 4.78 is 11.0. The molecular formula is C18H14ClN5O2. The van der Waals surface area contributed by atoms with E-state index in [4.69, 9.17) is 20.8 Å². The summed E-state index contributed by atoms with van der Waals surface area (Å²) >= 11 is 5.90. The maximum Gasteiger partial charge on any atom is 0.218 e. The normalized spacial score (nSPS) is 10.8. The van der Waals surface area contributed by atoms with E-state index >= 15 is 0 Å². The molecule has 0 aliphatic rings. The molecule has 0 atom stereocenters. The Bertz CT molecular complexity index is 1030. The summed E-state index contributed by atoms with van der Waals surface area (Å²) in [5, 5.41) is 13.2. The first-order chi connectivity index (χ1) is 12.7. The van der Waals surface area contributed by atoms with Crippen molar-refractivity contribution in [1.29, 1.82) is 0 Å². The maximum absolute atomic E-state index is 5.90. The van der Waals surface area contributed by atoms with Crippen LogP contribution >= 0.6 is 11.6 Å². The zero-order valence-corrected chi connectivity index (χ0v) is 14.6. The number of tetrazole rings is 1. The molecule has 0 unspecified atom stereocenters. The lowest BCUT2D eigenvalue weighted by Crippen LogP contribution is -2.04. The van der Waals surface area contributed by atoms with Crippen LogP contribution in [0.3, 0.4) is 0 Å². The van der Waals surface area contributed by atoms with Gasteiger partial charge in [0.05, 0.1) is 13.3 Å². The highest BCUT2D eigenvalue weighted by atomic mass is 35.5. The fourth-order valence-electron chi connectivity index (χ4n) is 2.44. The van der Waals surface area contributed by atoms with Crippen molar-refractivity contribution >= 4 is 11.6 Å². The maximum atomic E-state index is 5.90. The van der Waals surface area contributed by atoms with Gasteiger partial charge >= 0.3 is 0 Å². The largest absolute Gasteiger partial charge is 0.497 e. The number of benzene rings is 2. The quantitative estimate of drug-likeness (QED) is 0.535. The Morgan fingerprint density at radius 1 is 1.12 bits per heavy atom. The zero-order chi connectivity index (χ0) is 17.9. The van der Waals surface area contributed by atoms with E-state index in [1.165, 1.54) is 4.80 Å². The number of hydrogen-bond acceptors (Lipinski definition) is 6. The molecule has 8 heteroatoms. The Balaban J connectivity index is 1.52. The number of nitrogens with zero attached hydrogens (tertiary/aromatic N) is 5. The van der Waals surface area contributed by atoms with Crippen molar-refractivity contribution in [3.63, 3.8) is 0 Å². The predicted octanol–water partition coefficient (Wildman–Crippen LogP) is 3.71. The lowest BCUT2D eigenvalue weighted by Gasteiger charge is -2.00. The number of ether oxygens (including phenoxy) is 1. The van der Waals surface area contributed by atoms with Crippen LogP contribution < -0.4 is 4.74 Å². The third-order valence-corrected chi connectivity index (χ3v) is 3.99. The second kappa shape index (κ2) is 6.97. The lowest BCUT2D eigenvalue weighted by molar-refractivity contribution is 0.415. The van der Waals surface area contributed by atoms with Gasteiger partial charge in [0.25, 0.3) is 0 Å². The smallest absolute Gasteiger partial charge is 0.218 e. The molecule has 7 nitrogen and oxygen atoms in total. The van der Waals surface area contributed by atoms with Crippen molar-refractivity contribution in [2.75, 3.05) is 7.11 Å². The van der Waals surface area contributed by atoms with Gasteiger partial charge in [0.15, 0.2) is 5.76 Å². The average molecular weight is 368 g/mol. The Kier molecular flexibility index (Phi) is 4.37. The van der Waals surface area contributed by atoms with Crippen molar-refractivity contribution in [3.05, 3.63) is 65.6 Å². The van der Waals surface area contributed by atoms with E-state index < -0.39 is 0 Å². The summed E-state index contributed by atoms with van der Waals surface area (Å²) in [6.07, 6.45) is 1.67. The molecule has 0 aliphatic heterocycles. The first-order valence-corrected chi connectivity index (χ1v) is 8.22. The molecule has 0 amide bonds. The SMILES string of the molecule is COc1cccc(-c2nnn(Cc3ncc(-c4ccc(Cl)cc4)o3)n2)c1. The van der Waals surface area contributed by atoms with Crippen LogP contribution in [-0.2, 0) is 6.54 Å². The molecule has 0 saturated carbocycles. The van der Waals surface area contributed by atoms with E-state index in [1.54, 1.807) is 25.4 Å². The monoisotopic (exact) mass is 367 g/mol. The van der Waals surface area contributed by atoms with Crippen LogP contribution in [0.1, 0.15) is 5.89 Å². The van der Waals surface area contributed by atoms with Crippen molar-refractivity contribution in [2.45, 2.75) is 6.54 Å². The van der Waals surface area contributed by atoms with E-state index in [0.717, 1.165) is 16.9 Å². The molecule has 26 heavy (non-hydrogen) atoms. The van der Waals surface area contributed by atoms with E-state index in [2.05, 4.69) is 20.4 Å². The third kappa shape index (κ3) is 3.43. The van der Waals surface area contributed by atoms with Crippen LogP contribution in [0.2, 0.25) is 5.02 Å². The number of oxazole rings is 1. The molecule has 0 spiro atoms. The molecule has 130 valence electrons. The Hall–Kier alpha value is -3.19. The first-order valence-electron chi connectivity index (χ1n) is 7.84. The van der Waals surface area contributed by atoms with Gasteiger partial charge in [0, 0.05) is 16.1 Å². The van der Waals surface area contributed by atoms with Crippen molar-refractivity contribution < 1.29 is 9.15 Å². The number of methoxy groups -OCH3 is 1. The molecule has 0 bridgehead atoms. The van der Waals surface area contributed by atoms with E-state index in [0.29, 0.717) is 22.5 Å². The van der Waals surface area contributed by atoms with E-state index in [-0.39, 0.29) is 6.54 Å². The van der Waals surface area contributed by atoms with Gasteiger partial charge in [-0.15, -0.1) is 10.2 Å². The van der Waals surface area contributed by atoms with Gasteiger partial charge in [0.2, 0.25) is 11.7 Å². The Labute approximate surface area is 154 Å². The van der Waals surface area contributed by atoms with Gasteiger partial charge in [-0.3, -0.25) is 0 Å². The summed E-state index contributed by atoms with van der Waals surface area (Å²) in [6, 6.07) is 14.8. The van der Waals surface area contributed by atoms with Crippen molar-refractivity contribution in [3.8, 4) is 28.5 Å². The molecule has 2 aromatic heterocycles. The fourth-order valence-corrected chi connectivity index (χ4v) is 2.57. The highest BCUT2D eigenvalue weighted by molar-refractivity contribution is 6.30. The Morgan fingerprint density at radius 3 is 2.77 bits per heavy atom. The highest BCUT2D eigenvalue weighted by Gasteiger charge is 2.11. The average Bonchev–Trinajstić information content (AvgIpc) is 3.33. The van der Waals surface area contributed by atoms with Crippen LogP contribution in [0.4, 0.5) is 0 Å². The van der Waals surface area contributed by atoms with Gasteiger partial charge in [-0.25, -0.2) is 4.98 Å². The topological polar surface area (TPSA) is 78.9 Å². The minimum Gasteiger partial charge on any atom is -0.497 e. The van der Waals surface area contributed by atoms with Crippen LogP contribution in [0.25, 0.3) is 22.7 Å². The second-order valence-electron chi connectivity index (χ2n) is 5.50. The van der Waals surface area contributed by atoms with Crippen LogP contribution in [-0.4, -0.2) is 32.3 Å². The minimum absolute atomic E-state index is 0.282. The molecule has 0 fully saturated rings. The van der Waals surface area contributed by atoms with Crippen LogP contribution in [0.15, 0.2) is 59.1 Å². The fraction of sp³-hybridized carbons (Fsp3) is 0.111. The van der Waals surface area contributed by atoms with Crippen molar-refractivity contribution in [1.82, 2.24) is 25.2 Å². The number of hydrogen-bond donors (Lipinski definition) is 0. The highest BCUT2D eigenvalue weighted by Crippen LogP contribution is 2.23. The molecular weight excluding hydrogens is 354 g/mol. The Morgan fingerprint density at radius 2 is 1.96 bits per heavy atom. The van der Waals surface area contributed by atoms with Gasteiger partial charge in [-0.05, 0) is 41.6 Å². The van der Waals surface area contributed by atoms with Crippen LogP contribution in [0, 0.1) is 0 Å². The molecule has 0 N–H and O–H groups in total. The second-order valence-corrected chi connectivity index (χ2v) is 5.94. The lowest BCUT2D eigenvalue weighted by atomic mass is 10.2. The van der Waals surface area contributed by atoms with E-state index in [1.807, 2.05) is 36.4 Å². The third-order valence-electron chi connectivity index (χ3n) is 3.74.